The van der Waals surface area contributed by atoms with Gasteiger partial charge in [0.15, 0.2) is 0 Å². The van der Waals surface area contributed by atoms with E-state index in [1.807, 2.05) is 0 Å². The zero-order chi connectivity index (χ0) is 20.3. The minimum absolute atomic E-state index is 0.0421. The first-order valence-electron chi connectivity index (χ1n) is 11.4. The zero-order valence-electron chi connectivity index (χ0n) is 18.0. The van der Waals surface area contributed by atoms with E-state index < -0.39 is 0 Å². The van der Waals surface area contributed by atoms with Gasteiger partial charge in [0.2, 0.25) is 0 Å². The van der Waals surface area contributed by atoms with E-state index in [1.54, 1.807) is 6.92 Å². The number of carbonyl (C=O) groups is 2. The first-order chi connectivity index (χ1) is 13.2. The number of esters is 1. The molecule has 28 heavy (non-hydrogen) atoms. The second-order valence-corrected chi connectivity index (χ2v) is 10.8. The molecule has 0 radical (unpaired) electrons. The summed E-state index contributed by atoms with van der Waals surface area (Å²) in [6.07, 6.45) is 13.8. The van der Waals surface area contributed by atoms with Gasteiger partial charge in [0.25, 0.3) is 0 Å². The van der Waals surface area contributed by atoms with Crippen LogP contribution in [-0.4, -0.2) is 17.9 Å². The number of rotatable bonds is 2. The second kappa shape index (κ2) is 6.89. The molecule has 9 atom stereocenters. The van der Waals surface area contributed by atoms with Crippen molar-refractivity contribution in [2.45, 2.75) is 85.2 Å². The largest absolute Gasteiger partial charge is 0.462 e. The van der Waals surface area contributed by atoms with E-state index in [2.05, 4.69) is 26.7 Å². The molecule has 3 nitrogen and oxygen atoms in total. The van der Waals surface area contributed by atoms with E-state index in [0.29, 0.717) is 47.7 Å². The fourth-order valence-electron chi connectivity index (χ4n) is 8.55. The molecule has 0 aromatic carbocycles. The summed E-state index contributed by atoms with van der Waals surface area (Å²) in [5, 5.41) is 0. The van der Waals surface area contributed by atoms with E-state index >= 15 is 0 Å². The molecule has 0 aromatic rings. The van der Waals surface area contributed by atoms with Crippen molar-refractivity contribution in [1.82, 2.24) is 0 Å². The minimum atomic E-state index is -0.146. The molecule has 0 amide bonds. The SMILES string of the molecule is C#CCC12CCC(=O)C[C@@H]1[C@H](C)C[C@@H]1[C@@H]2CC[C@@]2(C)[C@H]1C[C@@H](C)[C@@H]2OC(C)=O. The normalized spacial score (nSPS) is 50.1. The molecule has 0 saturated heterocycles. The average Bonchev–Trinajstić information content (AvgIpc) is 2.88. The molecule has 0 spiro atoms. The van der Waals surface area contributed by atoms with Gasteiger partial charge in [-0.3, -0.25) is 9.59 Å². The van der Waals surface area contributed by atoms with Gasteiger partial charge in [-0.25, -0.2) is 0 Å². The lowest BCUT2D eigenvalue weighted by Crippen LogP contribution is -2.57. The minimum Gasteiger partial charge on any atom is -0.462 e. The smallest absolute Gasteiger partial charge is 0.302 e. The number of terminal acetylenes is 1. The Hall–Kier alpha value is -1.30. The van der Waals surface area contributed by atoms with E-state index in [4.69, 9.17) is 11.2 Å². The third-order valence-corrected chi connectivity index (χ3v) is 9.52. The number of fused-ring (bicyclic) bond motifs is 5. The molecule has 0 N–H and O–H groups in total. The molecule has 1 unspecified atom stereocenters. The Morgan fingerprint density at radius 1 is 1.18 bits per heavy atom. The highest BCUT2D eigenvalue weighted by Crippen LogP contribution is 2.69. The van der Waals surface area contributed by atoms with Gasteiger partial charge in [0.1, 0.15) is 11.9 Å². The van der Waals surface area contributed by atoms with Crippen LogP contribution in [0.1, 0.15) is 79.1 Å². The predicted molar refractivity (Wildman–Crippen MR) is 109 cm³/mol. The summed E-state index contributed by atoms with van der Waals surface area (Å²) in [5.41, 5.74) is 0.232. The zero-order valence-corrected chi connectivity index (χ0v) is 18.0. The Morgan fingerprint density at radius 3 is 2.61 bits per heavy atom. The van der Waals surface area contributed by atoms with Gasteiger partial charge >= 0.3 is 5.97 Å². The van der Waals surface area contributed by atoms with Crippen LogP contribution in [0, 0.1) is 58.7 Å². The molecule has 3 heteroatoms. The van der Waals surface area contributed by atoms with Crippen molar-refractivity contribution in [3.8, 4) is 12.3 Å². The van der Waals surface area contributed by atoms with Crippen LogP contribution in [-0.2, 0) is 14.3 Å². The van der Waals surface area contributed by atoms with Crippen molar-refractivity contribution in [3.63, 3.8) is 0 Å². The van der Waals surface area contributed by atoms with Gasteiger partial charge in [-0.15, -0.1) is 12.3 Å². The number of hydrogen-bond acceptors (Lipinski definition) is 3. The van der Waals surface area contributed by atoms with Crippen LogP contribution < -0.4 is 0 Å². The molecule has 4 aliphatic carbocycles. The van der Waals surface area contributed by atoms with Gasteiger partial charge in [0.05, 0.1) is 0 Å². The van der Waals surface area contributed by atoms with Gasteiger partial charge < -0.3 is 4.74 Å². The van der Waals surface area contributed by atoms with Gasteiger partial charge in [0, 0.05) is 31.6 Å². The highest BCUT2D eigenvalue weighted by Gasteiger charge is 2.64. The van der Waals surface area contributed by atoms with Crippen LogP contribution in [0.3, 0.4) is 0 Å². The Balaban J connectivity index is 1.69. The maximum atomic E-state index is 12.3. The number of ketones is 1. The lowest BCUT2D eigenvalue weighted by Gasteiger charge is -2.62. The van der Waals surface area contributed by atoms with Crippen LogP contribution in [0.4, 0.5) is 0 Å². The molecule has 4 aliphatic rings. The number of ether oxygens (including phenoxy) is 1. The summed E-state index contributed by atoms with van der Waals surface area (Å²) in [6, 6.07) is 0. The molecule has 4 saturated carbocycles. The van der Waals surface area contributed by atoms with E-state index in [1.165, 1.54) is 12.8 Å². The molecule has 0 aliphatic heterocycles. The third kappa shape index (κ3) is 2.78. The Morgan fingerprint density at radius 2 is 1.93 bits per heavy atom. The van der Waals surface area contributed by atoms with E-state index in [-0.39, 0.29) is 22.9 Å². The monoisotopic (exact) mass is 384 g/mol. The summed E-state index contributed by atoms with van der Waals surface area (Å²) in [6.45, 7) is 8.54. The molecule has 4 rings (SSSR count). The van der Waals surface area contributed by atoms with Crippen molar-refractivity contribution >= 4 is 11.8 Å². The summed E-state index contributed by atoms with van der Waals surface area (Å²) in [4.78, 5) is 24.1. The maximum absolute atomic E-state index is 12.3. The second-order valence-electron chi connectivity index (χ2n) is 10.8. The lowest BCUT2D eigenvalue weighted by atomic mass is 9.42. The Kier molecular flexibility index (Phi) is 4.92. The topological polar surface area (TPSA) is 43.4 Å². The van der Waals surface area contributed by atoms with Crippen molar-refractivity contribution in [3.05, 3.63) is 0 Å². The quantitative estimate of drug-likeness (QED) is 0.496. The van der Waals surface area contributed by atoms with Gasteiger partial charge in [-0.1, -0.05) is 20.8 Å². The third-order valence-electron chi connectivity index (χ3n) is 9.52. The first kappa shape index (κ1) is 20.0. The van der Waals surface area contributed by atoms with Gasteiger partial charge in [-0.05, 0) is 73.0 Å². The summed E-state index contributed by atoms with van der Waals surface area (Å²) >= 11 is 0. The van der Waals surface area contributed by atoms with E-state index in [0.717, 1.165) is 32.1 Å². The van der Waals surface area contributed by atoms with Crippen LogP contribution in [0.5, 0.6) is 0 Å². The van der Waals surface area contributed by atoms with Crippen molar-refractivity contribution in [2.75, 3.05) is 0 Å². The molecule has 154 valence electrons. The number of hydrogen-bond donors (Lipinski definition) is 0. The molecule has 4 fully saturated rings. The molecule has 0 heterocycles. The van der Waals surface area contributed by atoms with Crippen molar-refractivity contribution < 1.29 is 14.3 Å². The van der Waals surface area contributed by atoms with Crippen molar-refractivity contribution in [2.24, 2.45) is 46.3 Å². The van der Waals surface area contributed by atoms with Gasteiger partial charge in [-0.2, -0.15) is 0 Å². The van der Waals surface area contributed by atoms with Crippen LogP contribution in [0.2, 0.25) is 0 Å². The first-order valence-corrected chi connectivity index (χ1v) is 11.4. The molecule has 0 bridgehead atoms. The standard InChI is InChI=1S/C25H36O3/c1-6-9-25-11-7-18(27)14-21(25)15(2)12-19-20(25)8-10-24(5)22(19)13-16(3)23(24)28-17(4)26/h1,15-16,19-23H,7-14H2,2-5H3/t15-,16-,19-,20+,21-,22+,23+,24+,25?/m1/s1. The fourth-order valence-corrected chi connectivity index (χ4v) is 8.55. The van der Waals surface area contributed by atoms with Crippen molar-refractivity contribution in [1.29, 1.82) is 0 Å². The van der Waals surface area contributed by atoms with Crippen LogP contribution in [0.15, 0.2) is 0 Å². The maximum Gasteiger partial charge on any atom is 0.302 e. The van der Waals surface area contributed by atoms with E-state index in [9.17, 15) is 9.59 Å². The number of Topliss-reactive ketones (excluding diaryl/α,β-unsaturated/α-hetero) is 1. The van der Waals surface area contributed by atoms with Crippen LogP contribution in [0.25, 0.3) is 0 Å². The molecule has 0 aromatic heterocycles. The van der Waals surface area contributed by atoms with Crippen LogP contribution >= 0.6 is 0 Å². The molecular weight excluding hydrogens is 348 g/mol. The Bertz CT molecular complexity index is 705. The Labute approximate surface area is 170 Å². The lowest BCUT2D eigenvalue weighted by molar-refractivity contribution is -0.170. The summed E-state index contributed by atoms with van der Waals surface area (Å²) < 4.78 is 5.88. The fraction of sp³-hybridized carbons (Fsp3) is 0.840. The molecular formula is C25H36O3. The summed E-state index contributed by atoms with van der Waals surface area (Å²) in [7, 11) is 0. The number of carbonyl (C=O) groups excluding carboxylic acids is 2. The average molecular weight is 385 g/mol. The highest BCUT2D eigenvalue weighted by molar-refractivity contribution is 5.79. The summed E-state index contributed by atoms with van der Waals surface area (Å²) in [5.74, 6) is 6.61. The predicted octanol–water partition coefficient (Wildman–Crippen LogP) is 5.03. The highest BCUT2D eigenvalue weighted by atomic mass is 16.5.